The van der Waals surface area contributed by atoms with E-state index in [4.69, 9.17) is 0 Å². The molecule has 3 aliphatic carbocycles. The fourth-order valence-electron chi connectivity index (χ4n) is 6.75. The van der Waals surface area contributed by atoms with E-state index in [-0.39, 0.29) is 0 Å². The largest absolute Gasteiger partial charge is 0.101 e. The molecule has 0 N–H and O–H groups in total. The summed E-state index contributed by atoms with van der Waals surface area (Å²) in [7, 11) is 0. The minimum Gasteiger partial charge on any atom is -0.101 e. The van der Waals surface area contributed by atoms with Crippen molar-refractivity contribution in [1.82, 2.24) is 0 Å². The topological polar surface area (TPSA) is 0 Å². The molecule has 0 amide bonds. The molecule has 0 saturated heterocycles. The van der Waals surface area contributed by atoms with Gasteiger partial charge in [0.05, 0.1) is 0 Å². The third-order valence-corrected chi connectivity index (χ3v) is 8.63. The van der Waals surface area contributed by atoms with Gasteiger partial charge in [0.1, 0.15) is 0 Å². The second-order valence-electron chi connectivity index (χ2n) is 10.3. The van der Waals surface area contributed by atoms with Crippen molar-refractivity contribution in [2.45, 2.75) is 96.8 Å². The lowest BCUT2D eigenvalue weighted by Crippen LogP contribution is -2.29. The monoisotopic (exact) mass is 376 g/mol. The maximum Gasteiger partial charge on any atom is 0.0245 e. The average molecular weight is 377 g/mol. The van der Waals surface area contributed by atoms with Crippen molar-refractivity contribution in [3.05, 3.63) is 35.4 Å². The molecular weight excluding hydrogens is 336 g/mol. The summed E-state index contributed by atoms with van der Waals surface area (Å²) >= 11 is 0. The first-order valence-corrected chi connectivity index (χ1v) is 12.3. The minimum atomic E-state index is 0.792. The Morgan fingerprint density at radius 3 is 1.50 bits per heavy atom. The van der Waals surface area contributed by atoms with E-state index in [1.807, 2.05) is 6.92 Å². The van der Waals surface area contributed by atoms with Crippen molar-refractivity contribution < 1.29 is 0 Å². The van der Waals surface area contributed by atoms with Crippen LogP contribution in [-0.4, -0.2) is 0 Å². The van der Waals surface area contributed by atoms with E-state index >= 15 is 0 Å². The Bertz CT molecular complexity index is 648. The molecule has 0 heteroatoms. The van der Waals surface area contributed by atoms with Crippen LogP contribution in [0.5, 0.6) is 0 Å². The van der Waals surface area contributed by atoms with Gasteiger partial charge < -0.3 is 0 Å². The number of rotatable bonds is 3. The first kappa shape index (κ1) is 20.1. The van der Waals surface area contributed by atoms with E-state index in [0.717, 1.165) is 41.1 Å². The number of hydrogen-bond donors (Lipinski definition) is 0. The van der Waals surface area contributed by atoms with Gasteiger partial charge >= 0.3 is 0 Å². The predicted octanol–water partition coefficient (Wildman–Crippen LogP) is 7.96. The van der Waals surface area contributed by atoms with Crippen LogP contribution >= 0.6 is 0 Å². The Balaban J connectivity index is 1.23. The lowest BCUT2D eigenvalue weighted by Gasteiger charge is -2.41. The van der Waals surface area contributed by atoms with Gasteiger partial charge in [0.15, 0.2) is 0 Å². The lowest BCUT2D eigenvalue weighted by molar-refractivity contribution is 0.112. The van der Waals surface area contributed by atoms with Crippen molar-refractivity contribution in [3.8, 4) is 11.8 Å². The summed E-state index contributed by atoms with van der Waals surface area (Å²) in [5.74, 6) is 12.2. The third kappa shape index (κ3) is 4.84. The zero-order chi connectivity index (χ0) is 19.3. The van der Waals surface area contributed by atoms with Crippen LogP contribution in [0.1, 0.15) is 108 Å². The standard InChI is InChI=1S/C28H40/c1-3-4-22-7-11-24(12-8-22)26-15-19-28(20-16-26)27-17-13-25(14-18-27)23-9-5-21(2)6-10-23/h7-8,11-12,21,23,25-28H,5-6,9-10,13-20H2,1-2H3. The molecule has 0 heterocycles. The van der Waals surface area contributed by atoms with Gasteiger partial charge in [-0.25, -0.2) is 0 Å². The third-order valence-electron chi connectivity index (χ3n) is 8.63. The molecule has 0 spiro atoms. The molecule has 28 heavy (non-hydrogen) atoms. The van der Waals surface area contributed by atoms with Crippen LogP contribution in [0.25, 0.3) is 0 Å². The van der Waals surface area contributed by atoms with Crippen molar-refractivity contribution >= 4 is 0 Å². The highest BCUT2D eigenvalue weighted by molar-refractivity contribution is 5.36. The summed E-state index contributed by atoms with van der Waals surface area (Å²) in [4.78, 5) is 0. The molecular formula is C28H40. The van der Waals surface area contributed by atoms with Gasteiger partial charge in [0, 0.05) is 5.56 Å². The predicted molar refractivity (Wildman–Crippen MR) is 120 cm³/mol. The first-order valence-electron chi connectivity index (χ1n) is 12.3. The smallest absolute Gasteiger partial charge is 0.0245 e. The van der Waals surface area contributed by atoms with Crippen LogP contribution in [0.2, 0.25) is 0 Å². The summed E-state index contributed by atoms with van der Waals surface area (Å²) in [6, 6.07) is 9.10. The van der Waals surface area contributed by atoms with Crippen LogP contribution in [0.3, 0.4) is 0 Å². The fourth-order valence-corrected chi connectivity index (χ4v) is 6.75. The molecule has 152 valence electrons. The summed E-state index contributed by atoms with van der Waals surface area (Å²) in [5, 5.41) is 0. The minimum absolute atomic E-state index is 0.792. The summed E-state index contributed by atoms with van der Waals surface area (Å²) in [5.41, 5.74) is 2.71. The van der Waals surface area contributed by atoms with Crippen molar-refractivity contribution in [2.75, 3.05) is 0 Å². The van der Waals surface area contributed by atoms with E-state index < -0.39 is 0 Å². The van der Waals surface area contributed by atoms with Crippen molar-refractivity contribution in [1.29, 1.82) is 0 Å². The van der Waals surface area contributed by atoms with Crippen LogP contribution in [-0.2, 0) is 0 Å². The Hall–Kier alpha value is -1.22. The zero-order valence-electron chi connectivity index (χ0n) is 18.3. The fraction of sp³-hybridized carbons (Fsp3) is 0.714. The maximum absolute atomic E-state index is 3.17. The van der Waals surface area contributed by atoms with E-state index in [2.05, 4.69) is 43.0 Å². The molecule has 0 aliphatic heterocycles. The number of hydrogen-bond acceptors (Lipinski definition) is 0. The van der Waals surface area contributed by atoms with Crippen molar-refractivity contribution in [2.24, 2.45) is 29.6 Å². The van der Waals surface area contributed by atoms with Gasteiger partial charge in [-0.3, -0.25) is 0 Å². The van der Waals surface area contributed by atoms with Crippen LogP contribution in [0.4, 0.5) is 0 Å². The van der Waals surface area contributed by atoms with Gasteiger partial charge in [-0.2, -0.15) is 0 Å². The summed E-state index contributed by atoms with van der Waals surface area (Å²) < 4.78 is 0. The highest BCUT2D eigenvalue weighted by Gasteiger charge is 2.34. The highest BCUT2D eigenvalue weighted by atomic mass is 14.4. The van der Waals surface area contributed by atoms with Crippen LogP contribution in [0.15, 0.2) is 24.3 Å². The van der Waals surface area contributed by atoms with Gasteiger partial charge in [-0.1, -0.05) is 37.8 Å². The van der Waals surface area contributed by atoms with Gasteiger partial charge in [0.25, 0.3) is 0 Å². The molecule has 1 aromatic rings. The Labute approximate surface area is 173 Å². The van der Waals surface area contributed by atoms with Gasteiger partial charge in [-0.15, -0.1) is 5.92 Å². The molecule has 1 aromatic carbocycles. The van der Waals surface area contributed by atoms with E-state index in [0.29, 0.717) is 0 Å². The second-order valence-corrected chi connectivity index (χ2v) is 10.3. The molecule has 0 nitrogen and oxygen atoms in total. The molecule has 3 saturated carbocycles. The van der Waals surface area contributed by atoms with Gasteiger partial charge in [-0.05, 0) is 124 Å². The molecule has 0 unspecified atom stereocenters. The normalized spacial score (nSPS) is 36.4. The van der Waals surface area contributed by atoms with E-state index in [1.165, 1.54) is 64.2 Å². The van der Waals surface area contributed by atoms with E-state index in [1.54, 1.807) is 18.4 Å². The molecule has 4 rings (SSSR count). The quantitative estimate of drug-likeness (QED) is 0.469. The highest BCUT2D eigenvalue weighted by Crippen LogP contribution is 2.47. The zero-order valence-corrected chi connectivity index (χ0v) is 18.3. The van der Waals surface area contributed by atoms with Crippen LogP contribution in [0, 0.1) is 41.4 Å². The molecule has 3 aliphatic rings. The average Bonchev–Trinajstić information content (AvgIpc) is 2.75. The summed E-state index contributed by atoms with van der Waals surface area (Å²) in [6.45, 7) is 4.37. The Morgan fingerprint density at radius 2 is 1.04 bits per heavy atom. The molecule has 3 fully saturated rings. The van der Waals surface area contributed by atoms with Crippen LogP contribution < -0.4 is 0 Å². The molecule has 0 radical (unpaired) electrons. The first-order chi connectivity index (χ1) is 13.7. The van der Waals surface area contributed by atoms with E-state index in [9.17, 15) is 0 Å². The lowest BCUT2D eigenvalue weighted by atomic mass is 9.65. The summed E-state index contributed by atoms with van der Waals surface area (Å²) in [6.07, 6.45) is 18.0. The Kier molecular flexibility index (Phi) is 6.82. The SMILES string of the molecule is CC#Cc1ccc(C2CCC(C3CCC(C4CCC(C)CC4)CC3)CC2)cc1. The maximum atomic E-state index is 3.17. The molecule has 0 atom stereocenters. The Morgan fingerprint density at radius 1 is 0.607 bits per heavy atom. The molecule has 0 aromatic heterocycles. The molecule has 0 bridgehead atoms. The number of benzene rings is 1. The second kappa shape index (κ2) is 9.52. The van der Waals surface area contributed by atoms with Gasteiger partial charge in [0.2, 0.25) is 0 Å². The van der Waals surface area contributed by atoms with Crippen molar-refractivity contribution in [3.63, 3.8) is 0 Å².